The van der Waals surface area contributed by atoms with E-state index < -0.39 is 0 Å². The summed E-state index contributed by atoms with van der Waals surface area (Å²) in [6, 6.07) is 3.29. The van der Waals surface area contributed by atoms with Gasteiger partial charge in [0.2, 0.25) is 0 Å². The van der Waals surface area contributed by atoms with Crippen LogP contribution in [-0.4, -0.2) is 16.5 Å². The third-order valence-corrected chi connectivity index (χ3v) is 2.94. The van der Waals surface area contributed by atoms with Crippen molar-refractivity contribution < 1.29 is 14.6 Å². The number of hydrogen-bond acceptors (Lipinski definition) is 3. The second-order valence-electron chi connectivity index (χ2n) is 4.90. The Bertz CT molecular complexity index is 447. The highest BCUT2D eigenvalue weighted by Gasteiger charge is 2.27. The van der Waals surface area contributed by atoms with Crippen LogP contribution in [0.15, 0.2) is 12.1 Å². The van der Waals surface area contributed by atoms with Gasteiger partial charge < -0.3 is 9.84 Å². The van der Waals surface area contributed by atoms with E-state index in [4.69, 9.17) is 4.74 Å². The lowest BCUT2D eigenvalue weighted by atomic mass is 9.92. The normalized spacial score (nSPS) is 17.4. The number of carbonyl (C=O) groups excluding carboxylic acids is 1. The number of aryl methyl sites for hydroxylation is 1. The average molecular weight is 220 g/mol. The molecule has 0 radical (unpaired) electrons. The van der Waals surface area contributed by atoms with E-state index in [0.29, 0.717) is 11.3 Å². The number of phenols is 1. The van der Waals surface area contributed by atoms with Crippen LogP contribution in [0.25, 0.3) is 0 Å². The standard InChI is InChI=1S/C13H16O3/c1-8(14)10-6-9-4-5-13(2,3)16-12(9)7-11(10)15/h6-7,15H,4-5H2,1-3H3. The maximum Gasteiger partial charge on any atom is 0.163 e. The molecule has 3 heteroatoms. The van der Waals surface area contributed by atoms with Gasteiger partial charge in [-0.05, 0) is 45.2 Å². The summed E-state index contributed by atoms with van der Waals surface area (Å²) in [7, 11) is 0. The van der Waals surface area contributed by atoms with Crippen LogP contribution in [0.2, 0.25) is 0 Å². The van der Waals surface area contributed by atoms with Crippen molar-refractivity contribution in [2.75, 3.05) is 0 Å². The van der Waals surface area contributed by atoms with Gasteiger partial charge in [-0.15, -0.1) is 0 Å². The number of phenolic OH excluding ortho intramolecular Hbond substituents is 1. The van der Waals surface area contributed by atoms with E-state index in [0.717, 1.165) is 18.4 Å². The van der Waals surface area contributed by atoms with Gasteiger partial charge in [-0.1, -0.05) is 0 Å². The van der Waals surface area contributed by atoms with Crippen LogP contribution in [0.1, 0.15) is 43.1 Å². The summed E-state index contributed by atoms with van der Waals surface area (Å²) >= 11 is 0. The Balaban J connectivity index is 2.46. The molecule has 0 aliphatic carbocycles. The maximum atomic E-state index is 11.3. The van der Waals surface area contributed by atoms with Crippen LogP contribution in [0, 0.1) is 0 Å². The Labute approximate surface area is 95.0 Å². The zero-order valence-electron chi connectivity index (χ0n) is 9.83. The number of rotatable bonds is 1. The first-order chi connectivity index (χ1) is 7.39. The molecule has 1 aliphatic heterocycles. The van der Waals surface area contributed by atoms with Crippen LogP contribution >= 0.6 is 0 Å². The van der Waals surface area contributed by atoms with E-state index >= 15 is 0 Å². The molecule has 0 amide bonds. The van der Waals surface area contributed by atoms with Gasteiger partial charge in [0.1, 0.15) is 17.1 Å². The van der Waals surface area contributed by atoms with Gasteiger partial charge in [-0.2, -0.15) is 0 Å². The molecule has 0 saturated carbocycles. The summed E-state index contributed by atoms with van der Waals surface area (Å²) in [5, 5.41) is 9.71. The number of aromatic hydroxyl groups is 1. The number of ketones is 1. The predicted molar refractivity (Wildman–Crippen MR) is 61.1 cm³/mol. The Kier molecular flexibility index (Phi) is 2.41. The summed E-state index contributed by atoms with van der Waals surface area (Å²) in [5.74, 6) is 0.577. The number of hydrogen-bond donors (Lipinski definition) is 1. The fourth-order valence-electron chi connectivity index (χ4n) is 1.97. The Morgan fingerprint density at radius 1 is 1.44 bits per heavy atom. The second kappa shape index (κ2) is 3.51. The van der Waals surface area contributed by atoms with Gasteiger partial charge in [0, 0.05) is 6.07 Å². The van der Waals surface area contributed by atoms with Crippen LogP contribution in [0.3, 0.4) is 0 Å². The number of Topliss-reactive ketones (excluding diaryl/α,β-unsaturated/α-hetero) is 1. The second-order valence-corrected chi connectivity index (χ2v) is 4.90. The molecule has 1 N–H and O–H groups in total. The van der Waals surface area contributed by atoms with Gasteiger partial charge >= 0.3 is 0 Å². The third kappa shape index (κ3) is 1.90. The van der Waals surface area contributed by atoms with Crippen molar-refractivity contribution in [1.82, 2.24) is 0 Å². The number of fused-ring (bicyclic) bond motifs is 1. The molecule has 0 bridgehead atoms. The van der Waals surface area contributed by atoms with Crippen molar-refractivity contribution >= 4 is 5.78 Å². The molecule has 16 heavy (non-hydrogen) atoms. The smallest absolute Gasteiger partial charge is 0.163 e. The number of carbonyl (C=O) groups is 1. The fourth-order valence-corrected chi connectivity index (χ4v) is 1.97. The largest absolute Gasteiger partial charge is 0.507 e. The Morgan fingerprint density at radius 2 is 2.12 bits per heavy atom. The fraction of sp³-hybridized carbons (Fsp3) is 0.462. The average Bonchev–Trinajstić information content (AvgIpc) is 2.14. The van der Waals surface area contributed by atoms with Crippen LogP contribution < -0.4 is 4.74 Å². The SMILES string of the molecule is CC(=O)c1cc2c(cc1O)OC(C)(C)CC2. The highest BCUT2D eigenvalue weighted by Crippen LogP contribution is 2.37. The molecule has 0 spiro atoms. The van der Waals surface area contributed by atoms with Gasteiger partial charge in [0.15, 0.2) is 5.78 Å². The van der Waals surface area contributed by atoms with Gasteiger partial charge in [0.25, 0.3) is 0 Å². The van der Waals surface area contributed by atoms with Crippen molar-refractivity contribution in [3.63, 3.8) is 0 Å². The van der Waals surface area contributed by atoms with E-state index in [2.05, 4.69) is 0 Å². The molecule has 86 valence electrons. The zero-order valence-corrected chi connectivity index (χ0v) is 9.83. The van der Waals surface area contributed by atoms with Crippen molar-refractivity contribution in [3.05, 3.63) is 23.3 Å². The molecule has 0 atom stereocenters. The van der Waals surface area contributed by atoms with E-state index in [1.54, 1.807) is 12.1 Å². The minimum Gasteiger partial charge on any atom is -0.507 e. The topological polar surface area (TPSA) is 46.5 Å². The summed E-state index contributed by atoms with van der Waals surface area (Å²) in [4.78, 5) is 11.3. The molecule has 2 rings (SSSR count). The van der Waals surface area contributed by atoms with Gasteiger partial charge in [-0.3, -0.25) is 4.79 Å². The van der Waals surface area contributed by atoms with E-state index in [-0.39, 0.29) is 17.1 Å². The van der Waals surface area contributed by atoms with E-state index in [9.17, 15) is 9.90 Å². The molecular weight excluding hydrogens is 204 g/mol. The minimum atomic E-state index is -0.197. The third-order valence-electron chi connectivity index (χ3n) is 2.94. The minimum absolute atomic E-state index is 0.00366. The van der Waals surface area contributed by atoms with Gasteiger partial charge in [-0.25, -0.2) is 0 Å². The van der Waals surface area contributed by atoms with Crippen LogP contribution in [0.5, 0.6) is 11.5 Å². The molecule has 3 nitrogen and oxygen atoms in total. The Hall–Kier alpha value is -1.51. The zero-order chi connectivity index (χ0) is 11.9. The Morgan fingerprint density at radius 3 is 2.75 bits per heavy atom. The molecule has 1 aromatic rings. The lowest BCUT2D eigenvalue weighted by Gasteiger charge is -2.32. The molecule has 1 aromatic carbocycles. The van der Waals surface area contributed by atoms with Crippen molar-refractivity contribution in [1.29, 1.82) is 0 Å². The summed E-state index contributed by atoms with van der Waals surface area (Å²) in [6.07, 6.45) is 1.80. The molecule has 0 saturated heterocycles. The summed E-state index contributed by atoms with van der Waals surface area (Å²) in [5.41, 5.74) is 1.18. The molecule has 0 fully saturated rings. The maximum absolute atomic E-state index is 11.3. The first kappa shape index (κ1) is 11.0. The molecule has 0 unspecified atom stereocenters. The first-order valence-corrected chi connectivity index (χ1v) is 5.45. The highest BCUT2D eigenvalue weighted by molar-refractivity contribution is 5.97. The van der Waals surface area contributed by atoms with E-state index in [1.807, 2.05) is 13.8 Å². The van der Waals surface area contributed by atoms with E-state index in [1.165, 1.54) is 6.92 Å². The highest BCUT2D eigenvalue weighted by atomic mass is 16.5. The molecule has 1 heterocycles. The van der Waals surface area contributed by atoms with Crippen LogP contribution in [-0.2, 0) is 6.42 Å². The summed E-state index contributed by atoms with van der Waals surface area (Å²) < 4.78 is 5.76. The van der Waals surface area contributed by atoms with Crippen molar-refractivity contribution in [2.45, 2.75) is 39.2 Å². The van der Waals surface area contributed by atoms with Crippen molar-refractivity contribution in [3.8, 4) is 11.5 Å². The van der Waals surface area contributed by atoms with Crippen LogP contribution in [0.4, 0.5) is 0 Å². The number of benzene rings is 1. The number of ether oxygens (including phenoxy) is 1. The predicted octanol–water partition coefficient (Wildman–Crippen LogP) is 2.70. The van der Waals surface area contributed by atoms with Crippen molar-refractivity contribution in [2.24, 2.45) is 0 Å². The summed E-state index contributed by atoms with van der Waals surface area (Å²) in [6.45, 7) is 5.49. The molecular formula is C13H16O3. The lowest BCUT2D eigenvalue weighted by molar-refractivity contribution is 0.0842. The first-order valence-electron chi connectivity index (χ1n) is 5.45. The van der Waals surface area contributed by atoms with Gasteiger partial charge in [0.05, 0.1) is 5.56 Å². The monoisotopic (exact) mass is 220 g/mol. The molecule has 0 aromatic heterocycles. The molecule has 1 aliphatic rings. The lowest BCUT2D eigenvalue weighted by Crippen LogP contribution is -2.32. The quantitative estimate of drug-likeness (QED) is 0.740.